The zero-order valence-electron chi connectivity index (χ0n) is 23.1. The van der Waals surface area contributed by atoms with E-state index >= 15 is 0 Å². The van der Waals surface area contributed by atoms with Gasteiger partial charge in [-0.2, -0.15) is 4.98 Å². The summed E-state index contributed by atoms with van der Waals surface area (Å²) in [5.41, 5.74) is 9.78. The SMILES string of the molecule is CC[C@H](Nc1cc(C)nc(N)n1)c1nc2cccc(NCc3ccc(C(=O)OC)cc3)c2c(=O)n1-c1ccccc1. The van der Waals surface area contributed by atoms with E-state index in [-0.39, 0.29) is 23.5 Å². The van der Waals surface area contributed by atoms with E-state index in [2.05, 4.69) is 20.6 Å². The van der Waals surface area contributed by atoms with Gasteiger partial charge in [-0.15, -0.1) is 0 Å². The molecule has 2 aromatic heterocycles. The fraction of sp³-hybridized carbons (Fsp3) is 0.194. The maximum Gasteiger partial charge on any atom is 0.337 e. The minimum absolute atomic E-state index is 0.171. The second-order valence-corrected chi connectivity index (χ2v) is 9.55. The zero-order chi connectivity index (χ0) is 28.9. The lowest BCUT2D eigenvalue weighted by Gasteiger charge is -2.23. The summed E-state index contributed by atoms with van der Waals surface area (Å²) in [5.74, 6) is 0.899. The molecule has 0 radical (unpaired) electrons. The Labute approximate surface area is 237 Å². The lowest BCUT2D eigenvalue weighted by molar-refractivity contribution is 0.0600. The van der Waals surface area contributed by atoms with Gasteiger partial charge in [0.1, 0.15) is 11.6 Å². The van der Waals surface area contributed by atoms with Crippen LogP contribution >= 0.6 is 0 Å². The van der Waals surface area contributed by atoms with E-state index in [1.54, 1.807) is 16.7 Å². The van der Waals surface area contributed by atoms with Gasteiger partial charge < -0.3 is 21.1 Å². The Morgan fingerprint density at radius 3 is 2.44 bits per heavy atom. The molecule has 10 nitrogen and oxygen atoms in total. The summed E-state index contributed by atoms with van der Waals surface area (Å²) in [7, 11) is 1.35. The molecule has 41 heavy (non-hydrogen) atoms. The zero-order valence-corrected chi connectivity index (χ0v) is 23.1. The molecule has 4 N–H and O–H groups in total. The number of methoxy groups -OCH3 is 1. The number of nitrogens with two attached hydrogens (primary N) is 1. The Hall–Kier alpha value is -5.25. The van der Waals surface area contributed by atoms with Gasteiger partial charge in [0.25, 0.3) is 5.56 Å². The van der Waals surface area contributed by atoms with Crippen LogP contribution in [-0.4, -0.2) is 32.6 Å². The normalized spacial score (nSPS) is 11.7. The highest BCUT2D eigenvalue weighted by molar-refractivity contribution is 5.91. The number of aromatic nitrogens is 4. The van der Waals surface area contributed by atoms with Crippen molar-refractivity contribution in [3.8, 4) is 5.69 Å². The molecule has 5 aromatic rings. The minimum Gasteiger partial charge on any atom is -0.465 e. The van der Waals surface area contributed by atoms with Crippen LogP contribution in [0.3, 0.4) is 0 Å². The topological polar surface area (TPSA) is 137 Å². The van der Waals surface area contributed by atoms with E-state index in [4.69, 9.17) is 15.5 Å². The number of nitrogen functional groups attached to an aromatic ring is 1. The first-order chi connectivity index (χ1) is 19.9. The van der Waals surface area contributed by atoms with Gasteiger partial charge in [0.05, 0.1) is 35.3 Å². The predicted octanol–water partition coefficient (Wildman–Crippen LogP) is 5.03. The molecule has 1 atom stereocenters. The second-order valence-electron chi connectivity index (χ2n) is 9.55. The molecular weight excluding hydrogens is 518 g/mol. The molecule has 208 valence electrons. The molecule has 0 saturated heterocycles. The molecule has 3 aromatic carbocycles. The number of nitrogens with zero attached hydrogens (tertiary/aromatic N) is 4. The number of nitrogens with one attached hydrogen (secondary N) is 2. The summed E-state index contributed by atoms with van der Waals surface area (Å²) in [5, 5.41) is 7.27. The molecule has 0 bridgehead atoms. The molecule has 0 unspecified atom stereocenters. The van der Waals surface area contributed by atoms with Crippen LogP contribution in [0.5, 0.6) is 0 Å². The van der Waals surface area contributed by atoms with Crippen molar-refractivity contribution in [1.82, 2.24) is 19.5 Å². The number of ether oxygens (including phenoxy) is 1. The Bertz CT molecular complexity index is 1730. The van der Waals surface area contributed by atoms with E-state index in [0.29, 0.717) is 52.4 Å². The standard InChI is InChI=1S/C31H31N7O3/c1-4-23(35-26-17-19(2)34-31(32)37-26)28-36-25-12-8-11-24(27(25)29(39)38(28)22-9-6-5-7-10-22)33-18-20-13-15-21(16-14-20)30(40)41-3/h5-17,23,33H,4,18H2,1-3H3,(H3,32,34,35,37)/t23-/m0/s1. The molecule has 0 spiro atoms. The van der Waals surface area contributed by atoms with Gasteiger partial charge >= 0.3 is 5.97 Å². The van der Waals surface area contributed by atoms with Crippen molar-refractivity contribution >= 4 is 34.3 Å². The molecule has 10 heteroatoms. The van der Waals surface area contributed by atoms with Crippen molar-refractivity contribution < 1.29 is 9.53 Å². The lowest BCUT2D eigenvalue weighted by atomic mass is 10.1. The number of hydrogen-bond acceptors (Lipinski definition) is 9. The molecule has 2 heterocycles. The predicted molar refractivity (Wildman–Crippen MR) is 160 cm³/mol. The van der Waals surface area contributed by atoms with E-state index in [1.807, 2.05) is 80.6 Å². The summed E-state index contributed by atoms with van der Waals surface area (Å²) in [6.07, 6.45) is 0.632. The van der Waals surface area contributed by atoms with E-state index in [9.17, 15) is 9.59 Å². The van der Waals surface area contributed by atoms with Crippen LogP contribution in [0.4, 0.5) is 17.5 Å². The van der Waals surface area contributed by atoms with Crippen molar-refractivity contribution in [3.05, 3.63) is 112 Å². The van der Waals surface area contributed by atoms with Gasteiger partial charge in [-0.3, -0.25) is 9.36 Å². The molecule has 0 aliphatic carbocycles. The number of para-hydroxylation sites is 1. The summed E-state index contributed by atoms with van der Waals surface area (Å²) < 4.78 is 6.43. The number of carbonyl (C=O) groups is 1. The van der Waals surface area contributed by atoms with Gasteiger partial charge in [-0.25, -0.2) is 14.8 Å². The molecule has 0 amide bonds. The van der Waals surface area contributed by atoms with Gasteiger partial charge in [-0.05, 0) is 55.3 Å². The molecule has 0 aliphatic heterocycles. The highest BCUT2D eigenvalue weighted by Crippen LogP contribution is 2.27. The smallest absolute Gasteiger partial charge is 0.337 e. The largest absolute Gasteiger partial charge is 0.465 e. The third-order valence-corrected chi connectivity index (χ3v) is 6.71. The Morgan fingerprint density at radius 1 is 1.00 bits per heavy atom. The number of anilines is 3. The van der Waals surface area contributed by atoms with Crippen LogP contribution in [0.25, 0.3) is 16.6 Å². The first-order valence-electron chi connectivity index (χ1n) is 13.3. The fourth-order valence-electron chi connectivity index (χ4n) is 4.72. The monoisotopic (exact) mass is 549 g/mol. The number of aryl methyl sites for hydroxylation is 1. The van der Waals surface area contributed by atoms with Crippen LogP contribution in [0, 0.1) is 6.92 Å². The third-order valence-electron chi connectivity index (χ3n) is 6.71. The first-order valence-corrected chi connectivity index (χ1v) is 13.3. The van der Waals surface area contributed by atoms with Crippen LogP contribution in [0.15, 0.2) is 83.7 Å². The average Bonchev–Trinajstić information content (AvgIpc) is 2.98. The quantitative estimate of drug-likeness (QED) is 0.216. The number of benzene rings is 3. The van der Waals surface area contributed by atoms with Crippen LogP contribution in [0.2, 0.25) is 0 Å². The number of rotatable bonds is 9. The summed E-state index contributed by atoms with van der Waals surface area (Å²) >= 11 is 0. The Balaban J connectivity index is 1.57. The van der Waals surface area contributed by atoms with Crippen molar-refractivity contribution in [2.45, 2.75) is 32.9 Å². The van der Waals surface area contributed by atoms with Gasteiger partial charge in [0.2, 0.25) is 5.95 Å². The Kier molecular flexibility index (Phi) is 7.91. The van der Waals surface area contributed by atoms with Crippen molar-refractivity contribution in [3.63, 3.8) is 0 Å². The maximum absolute atomic E-state index is 14.3. The highest BCUT2D eigenvalue weighted by Gasteiger charge is 2.22. The lowest BCUT2D eigenvalue weighted by Crippen LogP contribution is -2.28. The fourth-order valence-corrected chi connectivity index (χ4v) is 4.72. The van der Waals surface area contributed by atoms with E-state index < -0.39 is 0 Å². The van der Waals surface area contributed by atoms with Crippen LogP contribution in [0.1, 0.15) is 46.8 Å². The maximum atomic E-state index is 14.3. The Morgan fingerprint density at radius 2 is 1.76 bits per heavy atom. The van der Waals surface area contributed by atoms with Crippen LogP contribution in [-0.2, 0) is 11.3 Å². The van der Waals surface area contributed by atoms with Crippen molar-refractivity contribution in [1.29, 1.82) is 0 Å². The highest BCUT2D eigenvalue weighted by atomic mass is 16.5. The molecule has 0 fully saturated rings. The van der Waals surface area contributed by atoms with E-state index in [0.717, 1.165) is 11.3 Å². The van der Waals surface area contributed by atoms with Crippen LogP contribution < -0.4 is 21.9 Å². The van der Waals surface area contributed by atoms with Gasteiger partial charge in [0.15, 0.2) is 0 Å². The average molecular weight is 550 g/mol. The minimum atomic E-state index is -0.389. The number of hydrogen-bond donors (Lipinski definition) is 3. The molecule has 0 aliphatic rings. The van der Waals surface area contributed by atoms with Gasteiger partial charge in [-0.1, -0.05) is 43.3 Å². The summed E-state index contributed by atoms with van der Waals surface area (Å²) in [4.78, 5) is 39.5. The van der Waals surface area contributed by atoms with Crippen molar-refractivity contribution in [2.75, 3.05) is 23.5 Å². The van der Waals surface area contributed by atoms with Crippen molar-refractivity contribution in [2.24, 2.45) is 0 Å². The van der Waals surface area contributed by atoms with E-state index in [1.165, 1.54) is 7.11 Å². The van der Waals surface area contributed by atoms with Gasteiger partial charge in [0, 0.05) is 24.0 Å². The second kappa shape index (κ2) is 11.9. The first kappa shape index (κ1) is 27.3. The molecular formula is C31H31N7O3. The number of carbonyl (C=O) groups excluding carboxylic acids is 1. The third kappa shape index (κ3) is 5.86. The molecule has 5 rings (SSSR count). The summed E-state index contributed by atoms with van der Waals surface area (Å²) in [6.45, 7) is 4.31. The number of esters is 1. The molecule has 0 saturated carbocycles. The summed E-state index contributed by atoms with van der Waals surface area (Å²) in [6, 6.07) is 23.6. The number of fused-ring (bicyclic) bond motifs is 1.